The average Bonchev–Trinajstić information content (AvgIpc) is 2.49. The van der Waals surface area contributed by atoms with Gasteiger partial charge in [-0.05, 0) is 6.92 Å². The van der Waals surface area contributed by atoms with Crippen molar-refractivity contribution in [2.45, 2.75) is 26.0 Å². The summed E-state index contributed by atoms with van der Waals surface area (Å²) in [6.07, 6.45) is -0.564. The number of amides is 1. The van der Waals surface area contributed by atoms with Crippen LogP contribution >= 0.6 is 0 Å². The van der Waals surface area contributed by atoms with Crippen molar-refractivity contribution < 1.29 is 38.5 Å². The zero-order valence-corrected chi connectivity index (χ0v) is 13.1. The molecule has 10 heteroatoms. The highest BCUT2D eigenvalue weighted by Gasteiger charge is 2.51. The zero-order valence-electron chi connectivity index (χ0n) is 13.1. The molecule has 0 unspecified atom stereocenters. The summed E-state index contributed by atoms with van der Waals surface area (Å²) in [5.41, 5.74) is 5.69. The summed E-state index contributed by atoms with van der Waals surface area (Å²) >= 11 is 0. The van der Waals surface area contributed by atoms with E-state index in [1.807, 2.05) is 0 Å². The number of aliphatic carboxylic acids is 1. The number of hydrogen-bond donors (Lipinski definition) is 2. The summed E-state index contributed by atoms with van der Waals surface area (Å²) in [7, 11) is 0. The fraction of sp³-hybridized carbons (Fsp3) is 0.500. The maximum atomic E-state index is 12.0. The lowest BCUT2D eigenvalue weighted by Gasteiger charge is -2.41. The maximum Gasteiger partial charge on any atom is 0.508 e. The first-order valence-corrected chi connectivity index (χ1v) is 6.99. The summed E-state index contributed by atoms with van der Waals surface area (Å²) in [4.78, 5) is 48.5. The number of β-lactam (4-membered cyclic amide) rings is 1. The van der Waals surface area contributed by atoms with Crippen molar-refractivity contribution in [3.05, 3.63) is 12.7 Å². The normalized spacial score (nSPS) is 21.2. The largest absolute Gasteiger partial charge is 0.538 e. The first-order chi connectivity index (χ1) is 11.2. The van der Waals surface area contributed by atoms with Crippen LogP contribution in [-0.4, -0.2) is 53.1 Å². The van der Waals surface area contributed by atoms with E-state index in [9.17, 15) is 24.3 Å². The van der Waals surface area contributed by atoms with Crippen LogP contribution in [0.5, 0.6) is 0 Å². The molecule has 130 valence electrons. The van der Waals surface area contributed by atoms with Crippen LogP contribution in [0.4, 0.5) is 4.79 Å². The zero-order chi connectivity index (χ0) is 18.4. The number of carbonyl (C=O) groups is 4. The quantitative estimate of drug-likeness (QED) is 0.103. The van der Waals surface area contributed by atoms with Crippen LogP contribution in [0.3, 0.4) is 0 Å². The maximum absolute atomic E-state index is 12.0. The van der Waals surface area contributed by atoms with E-state index in [-0.39, 0.29) is 6.61 Å². The van der Waals surface area contributed by atoms with Crippen LogP contribution in [0.25, 0.3) is 0 Å². The Bertz CT molecular complexity index is 624. The van der Waals surface area contributed by atoms with Crippen molar-refractivity contribution in [1.29, 1.82) is 5.53 Å². The predicted octanol–water partition coefficient (Wildman–Crippen LogP) is -1.54. The van der Waals surface area contributed by atoms with Gasteiger partial charge in [0.05, 0.1) is 22.3 Å². The third-order valence-electron chi connectivity index (χ3n) is 3.60. The number of carbonyl (C=O) groups excluding carboxylic acids is 4. The van der Waals surface area contributed by atoms with Crippen molar-refractivity contribution in [1.82, 2.24) is 5.32 Å². The monoisotopic (exact) mass is 339 g/mol. The van der Waals surface area contributed by atoms with Gasteiger partial charge in [-0.15, -0.1) is 0 Å². The smallest absolute Gasteiger partial charge is 0.508 e. The molecule has 24 heavy (non-hydrogen) atoms. The third-order valence-corrected chi connectivity index (χ3v) is 3.60. The van der Waals surface area contributed by atoms with Crippen LogP contribution in [0.2, 0.25) is 0 Å². The second kappa shape index (κ2) is 8.02. The lowest BCUT2D eigenvalue weighted by molar-refractivity contribution is -0.298. The molecule has 0 aromatic carbocycles. The molecule has 0 aromatic rings. The van der Waals surface area contributed by atoms with Gasteiger partial charge < -0.3 is 24.7 Å². The van der Waals surface area contributed by atoms with Crippen molar-refractivity contribution >= 4 is 29.5 Å². The fourth-order valence-electron chi connectivity index (χ4n) is 2.32. The molecule has 0 radical (unpaired) electrons. The highest BCUT2D eigenvalue weighted by Crippen LogP contribution is 2.28. The lowest BCUT2D eigenvalue weighted by Crippen LogP contribution is -2.66. The highest BCUT2D eigenvalue weighted by atomic mass is 16.7. The number of nitrogens with one attached hydrogen (secondary N) is 2. The molecule has 2 N–H and O–H groups in total. The number of carboxylic acid groups (broad SMARTS) is 1. The Balaban J connectivity index is 2.79. The van der Waals surface area contributed by atoms with Gasteiger partial charge in [0.2, 0.25) is 5.91 Å². The van der Waals surface area contributed by atoms with Crippen LogP contribution in [0, 0.1) is 17.4 Å². The van der Waals surface area contributed by atoms with Crippen molar-refractivity contribution in [2.75, 3.05) is 6.61 Å². The molecule has 0 aromatic heterocycles. The van der Waals surface area contributed by atoms with Crippen LogP contribution in [-0.2, 0) is 23.9 Å². The van der Waals surface area contributed by atoms with Gasteiger partial charge >= 0.3 is 11.9 Å². The summed E-state index contributed by atoms with van der Waals surface area (Å²) in [5.74, 6) is -5.15. The van der Waals surface area contributed by atoms with Gasteiger partial charge in [-0.2, -0.15) is 0 Å². The number of carboxylic acids is 1. The Morgan fingerprint density at radius 2 is 2.08 bits per heavy atom. The molecule has 0 aliphatic carbocycles. The number of nitrogens with zero attached hydrogens (tertiary/aromatic N) is 1. The summed E-state index contributed by atoms with van der Waals surface area (Å²) in [6.45, 7) is 6.12. The van der Waals surface area contributed by atoms with E-state index >= 15 is 0 Å². The van der Waals surface area contributed by atoms with E-state index in [0.717, 1.165) is 0 Å². The van der Waals surface area contributed by atoms with E-state index in [1.165, 1.54) is 19.9 Å². The van der Waals surface area contributed by atoms with E-state index in [1.54, 1.807) is 0 Å². The molecule has 1 aliphatic heterocycles. The summed E-state index contributed by atoms with van der Waals surface area (Å²) in [5, 5.41) is 13.2. The average molecular weight is 339 g/mol. The van der Waals surface area contributed by atoms with Crippen LogP contribution in [0.15, 0.2) is 12.7 Å². The van der Waals surface area contributed by atoms with Gasteiger partial charge in [0.1, 0.15) is 12.7 Å². The van der Waals surface area contributed by atoms with E-state index in [4.69, 9.17) is 10.3 Å². The van der Waals surface area contributed by atoms with Crippen molar-refractivity contribution in [2.24, 2.45) is 11.8 Å². The Kier molecular flexibility index (Phi) is 6.37. The van der Waals surface area contributed by atoms with Gasteiger partial charge in [-0.25, -0.2) is 4.79 Å². The minimum absolute atomic E-state index is 0.0599. The summed E-state index contributed by atoms with van der Waals surface area (Å²) in [6, 6.07) is -0.775. The molecule has 0 bridgehead atoms. The minimum atomic E-state index is -1.87. The van der Waals surface area contributed by atoms with Crippen LogP contribution < -0.4 is 10.4 Å². The first-order valence-electron chi connectivity index (χ1n) is 6.99. The Morgan fingerprint density at radius 3 is 2.54 bits per heavy atom. The molecule has 1 aliphatic rings. The van der Waals surface area contributed by atoms with Gasteiger partial charge in [0, 0.05) is 5.92 Å². The molecule has 0 spiro atoms. The second-order valence-electron chi connectivity index (χ2n) is 5.13. The molecule has 1 rings (SSSR count). The summed E-state index contributed by atoms with van der Waals surface area (Å²) < 4.78 is 9.58. The molecule has 1 heterocycles. The third kappa shape index (κ3) is 4.05. The second-order valence-corrected chi connectivity index (χ2v) is 5.13. The molecule has 1 saturated heterocycles. The van der Waals surface area contributed by atoms with Crippen molar-refractivity contribution in [3.63, 3.8) is 0 Å². The number of Topliss-reactive ketones (excluding diaryl/α,β-unsaturated/α-hetero) is 1. The van der Waals surface area contributed by atoms with Crippen molar-refractivity contribution in [3.8, 4) is 0 Å². The first kappa shape index (κ1) is 19.0. The topological polar surface area (TPSA) is 160 Å². The molecule has 4 atom stereocenters. The number of ether oxygens (including phenoxy) is 2. The van der Waals surface area contributed by atoms with E-state index in [2.05, 4.69) is 21.4 Å². The molecule has 10 nitrogen and oxygen atoms in total. The van der Waals surface area contributed by atoms with Crippen LogP contribution in [0.1, 0.15) is 13.8 Å². The van der Waals surface area contributed by atoms with Gasteiger partial charge in [-0.3, -0.25) is 9.59 Å². The van der Waals surface area contributed by atoms with E-state index in [0.29, 0.717) is 0 Å². The fourth-order valence-corrected chi connectivity index (χ4v) is 2.32. The predicted molar refractivity (Wildman–Crippen MR) is 74.7 cm³/mol. The molecular formula is C14H17N3O7. The molecule has 0 saturated carbocycles. The number of ketones is 1. The SMILES string of the molecule is C=CCOC(=O)O[C@H](C)[C@H]1C(=O)N[C@@H]1[C@@H](C)C(=O)C(=[N+]=N)C(=O)[O-]. The molecule has 1 amide bonds. The van der Waals surface area contributed by atoms with E-state index < -0.39 is 53.5 Å². The van der Waals surface area contributed by atoms with Gasteiger partial charge in [0.25, 0.3) is 5.78 Å². The molecular weight excluding hydrogens is 322 g/mol. The van der Waals surface area contributed by atoms with Gasteiger partial charge in [0.15, 0.2) is 5.97 Å². The number of hydrogen-bond acceptors (Lipinski definition) is 8. The standard InChI is InChI=1S/C14H17N3O7/c1-4-5-23-14(22)24-7(3)8-9(16-12(8)19)6(2)11(18)10(17-15)13(20)21/h4,6-9,15H,1,5H2,2-3H3,(H-,16,19,20,21)/t6-,7-,8-,9-/m1/s1. The minimum Gasteiger partial charge on any atom is -0.538 e. The molecule has 1 fully saturated rings. The number of rotatable bonds is 8. The Labute approximate surface area is 137 Å². The lowest BCUT2D eigenvalue weighted by atomic mass is 9.76. The highest BCUT2D eigenvalue weighted by molar-refractivity contribution is 6.61. The van der Waals surface area contributed by atoms with Gasteiger partial charge in [-0.1, -0.05) is 19.6 Å². The Morgan fingerprint density at radius 1 is 1.46 bits per heavy atom. The Hall–Kier alpha value is -3.00.